The molecule has 0 radical (unpaired) electrons. The number of methoxy groups -OCH3 is 1. The summed E-state index contributed by atoms with van der Waals surface area (Å²) in [7, 11) is 1.58. The highest BCUT2D eigenvalue weighted by molar-refractivity contribution is 9.10. The van der Waals surface area contributed by atoms with Crippen molar-refractivity contribution < 1.29 is 19.1 Å². The van der Waals surface area contributed by atoms with Gasteiger partial charge in [0, 0.05) is 17.3 Å². The van der Waals surface area contributed by atoms with Gasteiger partial charge >= 0.3 is 5.97 Å². The van der Waals surface area contributed by atoms with Crippen LogP contribution in [0.5, 0.6) is 0 Å². The summed E-state index contributed by atoms with van der Waals surface area (Å²) in [5, 5.41) is 2.68. The Morgan fingerprint density at radius 2 is 1.96 bits per heavy atom. The van der Waals surface area contributed by atoms with E-state index in [0.29, 0.717) is 17.9 Å². The fourth-order valence-electron chi connectivity index (χ4n) is 2.04. The number of ether oxygens (including phenoxy) is 2. The first kappa shape index (κ1) is 18.2. The molecule has 0 saturated carbocycles. The van der Waals surface area contributed by atoms with E-state index in [4.69, 9.17) is 9.47 Å². The Kier molecular flexibility index (Phi) is 6.52. The van der Waals surface area contributed by atoms with E-state index in [9.17, 15) is 9.59 Å². The third-order valence-corrected chi connectivity index (χ3v) is 4.12. The van der Waals surface area contributed by atoms with Gasteiger partial charge in [-0.05, 0) is 42.3 Å². The Balaban J connectivity index is 1.90. The van der Waals surface area contributed by atoms with Crippen molar-refractivity contribution in [2.24, 2.45) is 0 Å². The molecule has 0 bridgehead atoms. The molecule has 6 heteroatoms. The van der Waals surface area contributed by atoms with Crippen LogP contribution in [0.25, 0.3) is 0 Å². The van der Waals surface area contributed by atoms with Gasteiger partial charge in [0.15, 0.2) is 6.61 Å². The summed E-state index contributed by atoms with van der Waals surface area (Å²) in [6, 6.07) is 12.4. The van der Waals surface area contributed by atoms with Gasteiger partial charge in [0.2, 0.25) is 0 Å². The largest absolute Gasteiger partial charge is 0.452 e. The third-order valence-electron chi connectivity index (χ3n) is 3.26. The maximum absolute atomic E-state index is 12.0. The van der Waals surface area contributed by atoms with Crippen molar-refractivity contribution in [3.63, 3.8) is 0 Å². The number of anilines is 1. The first-order chi connectivity index (χ1) is 11.5. The second-order valence-corrected chi connectivity index (χ2v) is 6.08. The smallest absolute Gasteiger partial charge is 0.338 e. The minimum absolute atomic E-state index is 0.348. The lowest BCUT2D eigenvalue weighted by atomic mass is 10.1. The Labute approximate surface area is 149 Å². The fraction of sp³-hybridized carbons (Fsp3) is 0.222. The summed E-state index contributed by atoms with van der Waals surface area (Å²) in [6.45, 7) is 2.01. The molecule has 24 heavy (non-hydrogen) atoms. The minimum atomic E-state index is -0.548. The van der Waals surface area contributed by atoms with E-state index in [1.165, 1.54) is 0 Å². The number of carbonyl (C=O) groups excluding carboxylic acids is 2. The number of benzene rings is 2. The van der Waals surface area contributed by atoms with Gasteiger partial charge in [0.25, 0.3) is 5.91 Å². The Morgan fingerprint density at radius 3 is 2.67 bits per heavy atom. The van der Waals surface area contributed by atoms with E-state index in [-0.39, 0.29) is 6.61 Å². The van der Waals surface area contributed by atoms with Crippen LogP contribution in [0.2, 0.25) is 0 Å². The average Bonchev–Trinajstić information content (AvgIpc) is 2.56. The van der Waals surface area contributed by atoms with E-state index in [2.05, 4.69) is 21.2 Å². The summed E-state index contributed by atoms with van der Waals surface area (Å²) in [6.07, 6.45) is 0. The van der Waals surface area contributed by atoms with Gasteiger partial charge in [-0.15, -0.1) is 0 Å². The second-order valence-electron chi connectivity index (χ2n) is 5.22. The van der Waals surface area contributed by atoms with E-state index in [0.717, 1.165) is 15.6 Å². The average molecular weight is 392 g/mol. The van der Waals surface area contributed by atoms with Crippen LogP contribution < -0.4 is 5.32 Å². The predicted octanol–water partition coefficient (Wildman–Crippen LogP) is 3.70. The lowest BCUT2D eigenvalue weighted by Gasteiger charge is -2.08. The lowest BCUT2D eigenvalue weighted by Crippen LogP contribution is -2.21. The molecule has 1 N–H and O–H groups in total. The van der Waals surface area contributed by atoms with Crippen molar-refractivity contribution in [3.05, 3.63) is 63.6 Å². The maximum atomic E-state index is 12.0. The molecule has 126 valence electrons. The van der Waals surface area contributed by atoms with E-state index in [1.54, 1.807) is 37.4 Å². The number of amides is 1. The van der Waals surface area contributed by atoms with Crippen molar-refractivity contribution in [2.45, 2.75) is 13.5 Å². The number of carbonyl (C=O) groups is 2. The second kappa shape index (κ2) is 8.61. The number of hydrogen-bond donors (Lipinski definition) is 1. The summed E-state index contributed by atoms with van der Waals surface area (Å²) in [5.41, 5.74) is 2.95. The molecule has 0 aliphatic heterocycles. The zero-order chi connectivity index (χ0) is 17.5. The van der Waals surface area contributed by atoms with Crippen LogP contribution >= 0.6 is 15.9 Å². The van der Waals surface area contributed by atoms with Crippen LogP contribution in [0.4, 0.5) is 5.69 Å². The number of rotatable bonds is 6. The molecule has 0 atom stereocenters. The topological polar surface area (TPSA) is 64.6 Å². The van der Waals surface area contributed by atoms with Crippen molar-refractivity contribution >= 4 is 33.5 Å². The molecule has 2 rings (SSSR count). The third kappa shape index (κ3) is 5.18. The highest BCUT2D eigenvalue weighted by Crippen LogP contribution is 2.20. The first-order valence-corrected chi connectivity index (χ1v) is 8.10. The van der Waals surface area contributed by atoms with Crippen LogP contribution in [0, 0.1) is 6.92 Å². The lowest BCUT2D eigenvalue weighted by molar-refractivity contribution is -0.119. The van der Waals surface area contributed by atoms with E-state index in [1.807, 2.05) is 19.1 Å². The zero-order valence-electron chi connectivity index (χ0n) is 13.5. The maximum Gasteiger partial charge on any atom is 0.338 e. The number of aryl methyl sites for hydroxylation is 1. The Bertz CT molecular complexity index is 746. The molecule has 0 spiro atoms. The summed E-state index contributed by atoms with van der Waals surface area (Å²) >= 11 is 3.40. The van der Waals surface area contributed by atoms with Crippen molar-refractivity contribution in [2.75, 3.05) is 19.0 Å². The summed E-state index contributed by atoms with van der Waals surface area (Å²) < 4.78 is 11.0. The quantitative estimate of drug-likeness (QED) is 0.762. The molecule has 2 aromatic rings. The molecule has 2 aromatic carbocycles. The van der Waals surface area contributed by atoms with Gasteiger partial charge < -0.3 is 14.8 Å². The molecular weight excluding hydrogens is 374 g/mol. The van der Waals surface area contributed by atoms with Gasteiger partial charge in [0.1, 0.15) is 0 Å². The number of hydrogen-bond acceptors (Lipinski definition) is 4. The zero-order valence-corrected chi connectivity index (χ0v) is 15.1. The highest BCUT2D eigenvalue weighted by Gasteiger charge is 2.11. The van der Waals surface area contributed by atoms with Gasteiger partial charge in [-0.1, -0.05) is 34.1 Å². The molecule has 0 fully saturated rings. The van der Waals surface area contributed by atoms with Gasteiger partial charge in [0.05, 0.1) is 12.2 Å². The standard InChI is InChI=1S/C18H18BrNO4/c1-12-6-7-15(9-16(12)19)20-17(21)11-24-18(22)14-5-3-4-13(8-14)10-23-2/h3-9H,10-11H2,1-2H3,(H,20,21). The summed E-state index contributed by atoms with van der Waals surface area (Å²) in [4.78, 5) is 23.9. The highest BCUT2D eigenvalue weighted by atomic mass is 79.9. The minimum Gasteiger partial charge on any atom is -0.452 e. The van der Waals surface area contributed by atoms with Crippen molar-refractivity contribution in [1.82, 2.24) is 0 Å². The van der Waals surface area contributed by atoms with E-state index < -0.39 is 11.9 Å². The van der Waals surface area contributed by atoms with Crippen LogP contribution in [0.1, 0.15) is 21.5 Å². The van der Waals surface area contributed by atoms with Gasteiger partial charge in [-0.25, -0.2) is 4.79 Å². The van der Waals surface area contributed by atoms with Crippen LogP contribution in [0.15, 0.2) is 46.9 Å². The molecule has 1 amide bonds. The molecule has 0 unspecified atom stereocenters. The number of esters is 1. The first-order valence-electron chi connectivity index (χ1n) is 7.30. The van der Waals surface area contributed by atoms with Crippen LogP contribution in [-0.4, -0.2) is 25.6 Å². The Morgan fingerprint density at radius 1 is 1.17 bits per heavy atom. The monoisotopic (exact) mass is 391 g/mol. The molecule has 0 heterocycles. The van der Waals surface area contributed by atoms with Crippen molar-refractivity contribution in [1.29, 1.82) is 0 Å². The van der Waals surface area contributed by atoms with Crippen LogP contribution in [0.3, 0.4) is 0 Å². The molecule has 0 aromatic heterocycles. The summed E-state index contributed by atoms with van der Waals surface area (Å²) in [5.74, 6) is -0.944. The molecule has 0 aliphatic rings. The van der Waals surface area contributed by atoms with Gasteiger partial charge in [-0.3, -0.25) is 4.79 Å². The van der Waals surface area contributed by atoms with Gasteiger partial charge in [-0.2, -0.15) is 0 Å². The van der Waals surface area contributed by atoms with Crippen molar-refractivity contribution in [3.8, 4) is 0 Å². The number of halogens is 1. The number of nitrogens with one attached hydrogen (secondary N) is 1. The fourth-order valence-corrected chi connectivity index (χ4v) is 2.42. The molecule has 5 nitrogen and oxygen atoms in total. The SMILES string of the molecule is COCc1cccc(C(=O)OCC(=O)Nc2ccc(C)c(Br)c2)c1. The molecular formula is C18H18BrNO4. The molecule has 0 aliphatic carbocycles. The Hall–Kier alpha value is -2.18. The van der Waals surface area contributed by atoms with E-state index >= 15 is 0 Å². The predicted molar refractivity (Wildman–Crippen MR) is 94.9 cm³/mol. The normalized spacial score (nSPS) is 10.3. The molecule has 0 saturated heterocycles. The van der Waals surface area contributed by atoms with Crippen LogP contribution in [-0.2, 0) is 20.9 Å².